The van der Waals surface area contributed by atoms with Crippen LogP contribution in [0.3, 0.4) is 0 Å². The molecule has 1 N–H and O–H groups in total. The molecule has 3 unspecified atom stereocenters. The third-order valence-electron chi connectivity index (χ3n) is 4.75. The summed E-state index contributed by atoms with van der Waals surface area (Å²) in [4.78, 5) is 2.69. The fourth-order valence-electron chi connectivity index (χ4n) is 2.90. The van der Waals surface area contributed by atoms with Crippen molar-refractivity contribution in [2.75, 3.05) is 19.6 Å². The van der Waals surface area contributed by atoms with Crippen LogP contribution in [0.25, 0.3) is 0 Å². The van der Waals surface area contributed by atoms with Gasteiger partial charge in [-0.2, -0.15) is 0 Å². The Bertz CT molecular complexity index is 215. The van der Waals surface area contributed by atoms with Crippen molar-refractivity contribution in [3.63, 3.8) is 0 Å². The summed E-state index contributed by atoms with van der Waals surface area (Å²) in [5.74, 6) is 1.81. The molecule has 3 atom stereocenters. The van der Waals surface area contributed by atoms with E-state index in [1.165, 1.54) is 38.8 Å². The van der Waals surface area contributed by atoms with Gasteiger partial charge in [-0.15, -0.1) is 0 Å². The van der Waals surface area contributed by atoms with Crippen LogP contribution >= 0.6 is 0 Å². The largest absolute Gasteiger partial charge is 0.313 e. The molecule has 0 aliphatic carbocycles. The fraction of sp³-hybridized carbons (Fsp3) is 1.00. The Balaban J connectivity index is 2.33. The third-order valence-corrected chi connectivity index (χ3v) is 4.75. The Morgan fingerprint density at radius 2 is 1.83 bits per heavy atom. The van der Waals surface area contributed by atoms with Crippen LogP contribution in [0.1, 0.15) is 60.3 Å². The van der Waals surface area contributed by atoms with E-state index >= 15 is 0 Å². The first-order chi connectivity index (χ1) is 8.54. The highest BCUT2D eigenvalue weighted by molar-refractivity contribution is 4.77. The van der Waals surface area contributed by atoms with Crippen LogP contribution in [0.15, 0.2) is 0 Å². The molecule has 1 aliphatic rings. The van der Waals surface area contributed by atoms with Gasteiger partial charge in [0.15, 0.2) is 0 Å². The van der Waals surface area contributed by atoms with Gasteiger partial charge < -0.3 is 5.32 Å². The molecule has 0 aromatic heterocycles. The maximum atomic E-state index is 3.64. The summed E-state index contributed by atoms with van der Waals surface area (Å²) in [7, 11) is 0. The van der Waals surface area contributed by atoms with Crippen LogP contribution in [0.5, 0.6) is 0 Å². The van der Waals surface area contributed by atoms with E-state index in [1.54, 1.807) is 0 Å². The highest BCUT2D eigenvalue weighted by Gasteiger charge is 2.22. The highest BCUT2D eigenvalue weighted by Crippen LogP contribution is 2.25. The lowest BCUT2D eigenvalue weighted by atomic mass is 9.89. The second-order valence-corrected chi connectivity index (χ2v) is 6.54. The first kappa shape index (κ1) is 16.0. The van der Waals surface area contributed by atoms with E-state index in [0.29, 0.717) is 12.1 Å². The van der Waals surface area contributed by atoms with Gasteiger partial charge in [-0.1, -0.05) is 20.8 Å². The summed E-state index contributed by atoms with van der Waals surface area (Å²) in [6.45, 7) is 15.4. The average Bonchev–Trinajstić information content (AvgIpc) is 2.61. The van der Waals surface area contributed by atoms with E-state index in [-0.39, 0.29) is 0 Å². The van der Waals surface area contributed by atoms with Crippen molar-refractivity contribution >= 4 is 0 Å². The van der Waals surface area contributed by atoms with E-state index in [2.05, 4.69) is 44.8 Å². The SMILES string of the molecule is CCC(C)NCC(C)N1CCCC(C(C)C)CC1. The van der Waals surface area contributed by atoms with Gasteiger partial charge in [0.25, 0.3) is 0 Å². The molecule has 1 saturated heterocycles. The molecule has 1 rings (SSSR count). The Hall–Kier alpha value is -0.0800. The minimum absolute atomic E-state index is 0.655. The van der Waals surface area contributed by atoms with Gasteiger partial charge in [-0.3, -0.25) is 4.90 Å². The standard InChI is InChI=1S/C16H34N2/c1-6-14(4)17-12-15(5)18-10-7-8-16(9-11-18)13(2)3/h13-17H,6-12H2,1-5H3. The van der Waals surface area contributed by atoms with Crippen LogP contribution in [0.2, 0.25) is 0 Å². The maximum absolute atomic E-state index is 3.64. The van der Waals surface area contributed by atoms with Crippen LogP contribution in [-0.4, -0.2) is 36.6 Å². The topological polar surface area (TPSA) is 15.3 Å². The van der Waals surface area contributed by atoms with Crippen LogP contribution in [0.4, 0.5) is 0 Å². The lowest BCUT2D eigenvalue weighted by Crippen LogP contribution is -2.43. The number of nitrogens with one attached hydrogen (secondary N) is 1. The van der Waals surface area contributed by atoms with E-state index < -0.39 is 0 Å². The molecule has 0 aromatic carbocycles. The monoisotopic (exact) mass is 254 g/mol. The van der Waals surface area contributed by atoms with E-state index in [9.17, 15) is 0 Å². The van der Waals surface area contributed by atoms with E-state index in [4.69, 9.17) is 0 Å². The molecule has 0 amide bonds. The molecule has 1 heterocycles. The molecule has 2 nitrogen and oxygen atoms in total. The summed E-state index contributed by atoms with van der Waals surface area (Å²) in [6, 6.07) is 1.34. The van der Waals surface area contributed by atoms with Gasteiger partial charge in [0.2, 0.25) is 0 Å². The molecule has 0 aromatic rings. The van der Waals surface area contributed by atoms with Crippen LogP contribution in [0, 0.1) is 11.8 Å². The lowest BCUT2D eigenvalue weighted by Gasteiger charge is -2.29. The van der Waals surface area contributed by atoms with Crippen molar-refractivity contribution in [1.82, 2.24) is 10.2 Å². The first-order valence-corrected chi connectivity index (χ1v) is 8.02. The molecule has 1 fully saturated rings. The fourth-order valence-corrected chi connectivity index (χ4v) is 2.90. The zero-order valence-electron chi connectivity index (χ0n) is 13.2. The molecule has 0 radical (unpaired) electrons. The number of hydrogen-bond acceptors (Lipinski definition) is 2. The zero-order chi connectivity index (χ0) is 13.5. The Morgan fingerprint density at radius 3 is 2.44 bits per heavy atom. The van der Waals surface area contributed by atoms with Gasteiger partial charge in [-0.05, 0) is 64.5 Å². The van der Waals surface area contributed by atoms with Crippen molar-refractivity contribution in [1.29, 1.82) is 0 Å². The minimum atomic E-state index is 0.655. The summed E-state index contributed by atoms with van der Waals surface area (Å²) in [6.07, 6.45) is 5.43. The quantitative estimate of drug-likeness (QED) is 0.780. The summed E-state index contributed by atoms with van der Waals surface area (Å²) in [5, 5.41) is 3.64. The van der Waals surface area contributed by atoms with Crippen molar-refractivity contribution in [2.45, 2.75) is 72.4 Å². The molecule has 0 bridgehead atoms. The summed E-state index contributed by atoms with van der Waals surface area (Å²) < 4.78 is 0. The predicted octanol–water partition coefficient (Wildman–Crippen LogP) is 3.52. The summed E-state index contributed by atoms with van der Waals surface area (Å²) in [5.41, 5.74) is 0. The smallest absolute Gasteiger partial charge is 0.0192 e. The van der Waals surface area contributed by atoms with Crippen LogP contribution < -0.4 is 5.32 Å². The van der Waals surface area contributed by atoms with Crippen molar-refractivity contribution in [3.05, 3.63) is 0 Å². The number of hydrogen-bond donors (Lipinski definition) is 1. The number of likely N-dealkylation sites (tertiary alicyclic amines) is 1. The Morgan fingerprint density at radius 1 is 1.11 bits per heavy atom. The highest BCUT2D eigenvalue weighted by atomic mass is 15.2. The van der Waals surface area contributed by atoms with Gasteiger partial charge >= 0.3 is 0 Å². The van der Waals surface area contributed by atoms with Gasteiger partial charge in [-0.25, -0.2) is 0 Å². The van der Waals surface area contributed by atoms with Crippen LogP contribution in [-0.2, 0) is 0 Å². The van der Waals surface area contributed by atoms with Gasteiger partial charge in [0.1, 0.15) is 0 Å². The lowest BCUT2D eigenvalue weighted by molar-refractivity contribution is 0.203. The van der Waals surface area contributed by atoms with Crippen molar-refractivity contribution in [3.8, 4) is 0 Å². The number of rotatable bonds is 6. The maximum Gasteiger partial charge on any atom is 0.0192 e. The molecular formula is C16H34N2. The first-order valence-electron chi connectivity index (χ1n) is 8.02. The van der Waals surface area contributed by atoms with Gasteiger partial charge in [0, 0.05) is 18.6 Å². The van der Waals surface area contributed by atoms with E-state index in [1.807, 2.05) is 0 Å². The minimum Gasteiger partial charge on any atom is -0.313 e. The van der Waals surface area contributed by atoms with Gasteiger partial charge in [0.05, 0.1) is 0 Å². The molecule has 108 valence electrons. The number of nitrogens with zero attached hydrogens (tertiary/aromatic N) is 1. The normalized spacial score (nSPS) is 26.0. The zero-order valence-corrected chi connectivity index (χ0v) is 13.2. The second-order valence-electron chi connectivity index (χ2n) is 6.54. The molecule has 0 saturated carbocycles. The van der Waals surface area contributed by atoms with Crippen molar-refractivity contribution in [2.24, 2.45) is 11.8 Å². The molecule has 18 heavy (non-hydrogen) atoms. The summed E-state index contributed by atoms with van der Waals surface area (Å²) >= 11 is 0. The Kier molecular flexibility index (Phi) is 7.25. The molecular weight excluding hydrogens is 220 g/mol. The third kappa shape index (κ3) is 5.27. The molecule has 1 aliphatic heterocycles. The van der Waals surface area contributed by atoms with Crippen molar-refractivity contribution < 1.29 is 0 Å². The van der Waals surface area contributed by atoms with E-state index in [0.717, 1.165) is 18.4 Å². The second kappa shape index (κ2) is 8.16. The Labute approximate surface area is 115 Å². The molecule has 2 heteroatoms. The molecule has 0 spiro atoms. The predicted molar refractivity (Wildman–Crippen MR) is 81.0 cm³/mol. The average molecular weight is 254 g/mol.